The van der Waals surface area contributed by atoms with Gasteiger partial charge in [-0.1, -0.05) is 79.3 Å². The molecule has 0 fully saturated rings. The Morgan fingerprint density at radius 2 is 1.47 bits per heavy atom. The number of aromatic amines is 1. The predicted molar refractivity (Wildman–Crippen MR) is 184 cm³/mol. The molecule has 0 radical (unpaired) electrons. The van der Waals surface area contributed by atoms with Gasteiger partial charge in [0.25, 0.3) is 11.5 Å². The number of nitrogen functional groups attached to an aromatic ring is 1. The Morgan fingerprint density at radius 1 is 0.844 bits per heavy atom. The molecule has 0 aliphatic rings. The smallest absolute Gasteiger partial charge is 0.294 e. The molecule has 0 aliphatic heterocycles. The van der Waals surface area contributed by atoms with Gasteiger partial charge in [0.15, 0.2) is 0 Å². The number of furan rings is 2. The molecule has 0 bridgehead atoms. The number of H-pyrrole nitrogens is 1. The highest BCUT2D eigenvalue weighted by Crippen LogP contribution is 2.31. The van der Waals surface area contributed by atoms with Crippen LogP contribution in [0.25, 0.3) is 44.4 Å². The minimum atomic E-state index is -0.658. The van der Waals surface area contributed by atoms with Gasteiger partial charge in [-0.15, -0.1) is 0 Å². The number of aldehydes is 1. The van der Waals surface area contributed by atoms with Gasteiger partial charge in [0.05, 0.1) is 5.69 Å². The molecule has 0 unspecified atom stereocenters. The maximum Gasteiger partial charge on any atom is 0.294 e. The number of nitrogens with zero attached hydrogens (tertiary/aromatic N) is 1. The number of amides is 1. The summed E-state index contributed by atoms with van der Waals surface area (Å²) >= 11 is 18.3. The second-order valence-corrected chi connectivity index (χ2v) is 12.1. The highest BCUT2D eigenvalue weighted by Gasteiger charge is 2.16. The molecular weight excluding hydrogens is 751 g/mol. The number of hydrogen-bond donors (Lipinski definition) is 3. The third-order valence-corrected chi connectivity index (χ3v) is 7.74. The van der Waals surface area contributed by atoms with E-state index in [1.165, 1.54) is 0 Å². The van der Waals surface area contributed by atoms with Crippen molar-refractivity contribution in [3.05, 3.63) is 126 Å². The molecule has 3 aromatic heterocycles. The molecule has 0 saturated heterocycles. The first-order valence-corrected chi connectivity index (χ1v) is 15.2. The molecule has 3 heterocycles. The predicted octanol–water partition coefficient (Wildman–Crippen LogP) is 8.78. The van der Waals surface area contributed by atoms with Crippen molar-refractivity contribution in [2.24, 2.45) is 5.73 Å². The maximum atomic E-state index is 12.3. The number of nitrogens with one attached hydrogen (secondary N) is 1. The lowest BCUT2D eigenvalue weighted by atomic mass is 10.2. The fourth-order valence-corrected chi connectivity index (χ4v) is 5.36. The van der Waals surface area contributed by atoms with E-state index in [0.29, 0.717) is 43.5 Å². The first-order chi connectivity index (χ1) is 21.5. The number of hydrogen-bond acceptors (Lipinski definition) is 7. The van der Waals surface area contributed by atoms with Crippen LogP contribution in [0.1, 0.15) is 20.9 Å². The standard InChI is InChI=1S/C16H8BrClN2O2.C9H7BrN2O2.C7H5ClO/c17-9-4-5-12-11(7-9)13-14(22-12)16(21)20-15(19-13)8-2-1-3-10(18)6-8;10-4-1-2-6-5(3-4)7(11)8(14-6)9(12)13;8-7-3-1-2-6(4-7)5-9/h1-7H,(H,19,20,21);1-3H,11H2,(H2,12,13);1-5H. The molecule has 7 rings (SSSR count). The summed E-state index contributed by atoms with van der Waals surface area (Å²) in [6.45, 7) is 0. The van der Waals surface area contributed by atoms with Crippen LogP contribution in [0.4, 0.5) is 5.69 Å². The van der Waals surface area contributed by atoms with E-state index in [-0.39, 0.29) is 22.6 Å². The van der Waals surface area contributed by atoms with Crippen molar-refractivity contribution in [3.63, 3.8) is 0 Å². The highest BCUT2D eigenvalue weighted by atomic mass is 79.9. The quantitative estimate of drug-likeness (QED) is 0.152. The van der Waals surface area contributed by atoms with Crippen molar-refractivity contribution >= 4 is 106 Å². The number of fused-ring (bicyclic) bond motifs is 4. The Morgan fingerprint density at radius 3 is 2.07 bits per heavy atom. The average molecular weight is 771 g/mol. The molecule has 0 spiro atoms. The van der Waals surface area contributed by atoms with E-state index in [1.54, 1.807) is 60.7 Å². The summed E-state index contributed by atoms with van der Waals surface area (Å²) in [6.07, 6.45) is 0.770. The molecule has 0 saturated carbocycles. The molecule has 1 amide bonds. The number of anilines is 1. The fraction of sp³-hybridized carbons (Fsp3) is 0. The molecule has 0 atom stereocenters. The van der Waals surface area contributed by atoms with Gasteiger partial charge in [-0.2, -0.15) is 0 Å². The van der Waals surface area contributed by atoms with Gasteiger partial charge in [-0.3, -0.25) is 14.4 Å². The summed E-state index contributed by atoms with van der Waals surface area (Å²) in [7, 11) is 0. The fourth-order valence-electron chi connectivity index (χ4n) is 4.25. The lowest BCUT2D eigenvalue weighted by Crippen LogP contribution is -2.11. The minimum Gasteiger partial charge on any atom is -0.449 e. The van der Waals surface area contributed by atoms with E-state index in [1.807, 2.05) is 24.3 Å². The van der Waals surface area contributed by atoms with Crippen LogP contribution in [0, 0.1) is 0 Å². The lowest BCUT2D eigenvalue weighted by molar-refractivity contribution is 0.0976. The summed E-state index contributed by atoms with van der Waals surface area (Å²) in [5.41, 5.74) is 14.1. The van der Waals surface area contributed by atoms with E-state index in [2.05, 4.69) is 41.8 Å². The second kappa shape index (κ2) is 13.7. The Balaban J connectivity index is 0.000000149. The van der Waals surface area contributed by atoms with E-state index >= 15 is 0 Å². The summed E-state index contributed by atoms with van der Waals surface area (Å²) in [5, 5.41) is 2.66. The van der Waals surface area contributed by atoms with Crippen LogP contribution in [0.5, 0.6) is 0 Å². The molecule has 45 heavy (non-hydrogen) atoms. The van der Waals surface area contributed by atoms with Gasteiger partial charge < -0.3 is 25.3 Å². The summed E-state index contributed by atoms with van der Waals surface area (Å²) in [5.74, 6) is -0.185. The van der Waals surface area contributed by atoms with Gasteiger partial charge in [0.2, 0.25) is 11.3 Å². The van der Waals surface area contributed by atoms with Crippen LogP contribution in [0.2, 0.25) is 10.0 Å². The van der Waals surface area contributed by atoms with E-state index < -0.39 is 5.91 Å². The van der Waals surface area contributed by atoms with Crippen molar-refractivity contribution < 1.29 is 18.4 Å². The van der Waals surface area contributed by atoms with Crippen LogP contribution in [-0.2, 0) is 0 Å². The third kappa shape index (κ3) is 7.29. The highest BCUT2D eigenvalue weighted by molar-refractivity contribution is 9.10. The van der Waals surface area contributed by atoms with Crippen molar-refractivity contribution in [3.8, 4) is 11.4 Å². The van der Waals surface area contributed by atoms with Crippen LogP contribution in [0.15, 0.2) is 108 Å². The zero-order valence-electron chi connectivity index (χ0n) is 22.8. The third-order valence-electron chi connectivity index (χ3n) is 6.28. The minimum absolute atomic E-state index is 0.0121. The van der Waals surface area contributed by atoms with Crippen LogP contribution in [0.3, 0.4) is 0 Å². The molecule has 4 aromatic carbocycles. The zero-order chi connectivity index (χ0) is 32.2. The number of aromatic nitrogens is 2. The Hall–Kier alpha value is -4.42. The molecule has 9 nitrogen and oxygen atoms in total. The molecule has 13 heteroatoms. The van der Waals surface area contributed by atoms with Gasteiger partial charge in [-0.05, 0) is 60.7 Å². The topological polar surface area (TPSA) is 158 Å². The van der Waals surface area contributed by atoms with Gasteiger partial charge in [0.1, 0.15) is 28.8 Å². The Kier molecular flexibility index (Phi) is 9.74. The summed E-state index contributed by atoms with van der Waals surface area (Å²) in [6, 6.07) is 24.8. The van der Waals surface area contributed by atoms with Gasteiger partial charge in [0, 0.05) is 40.9 Å². The summed E-state index contributed by atoms with van der Waals surface area (Å²) in [4.78, 5) is 40.6. The van der Waals surface area contributed by atoms with E-state index in [4.69, 9.17) is 43.5 Å². The van der Waals surface area contributed by atoms with Crippen LogP contribution < -0.4 is 17.0 Å². The lowest BCUT2D eigenvalue weighted by Gasteiger charge is -2.01. The van der Waals surface area contributed by atoms with Crippen LogP contribution in [-0.4, -0.2) is 22.2 Å². The number of benzene rings is 4. The first-order valence-electron chi connectivity index (χ1n) is 12.9. The zero-order valence-corrected chi connectivity index (χ0v) is 27.5. The largest absolute Gasteiger partial charge is 0.449 e. The number of primary amides is 1. The Bertz CT molecular complexity index is 2280. The molecular formula is C32H20Br2Cl2N4O5. The number of rotatable bonds is 3. The van der Waals surface area contributed by atoms with Crippen LogP contribution >= 0.6 is 55.1 Å². The Labute approximate surface area is 281 Å². The van der Waals surface area contributed by atoms with E-state index in [0.717, 1.165) is 26.2 Å². The molecule has 0 aliphatic carbocycles. The van der Waals surface area contributed by atoms with Crippen molar-refractivity contribution in [2.75, 3.05) is 5.73 Å². The second-order valence-electron chi connectivity index (χ2n) is 9.37. The SMILES string of the molecule is NC(=O)c1oc2ccc(Br)cc2c1N.O=Cc1cccc(Cl)c1.O=c1[nH]c(-c2cccc(Cl)c2)nc2c1oc1ccc(Br)cc12. The number of carbonyl (C=O) groups is 2. The van der Waals surface area contributed by atoms with Crippen molar-refractivity contribution in [1.82, 2.24) is 9.97 Å². The molecule has 226 valence electrons. The monoisotopic (exact) mass is 768 g/mol. The average Bonchev–Trinajstić information content (AvgIpc) is 3.55. The first kappa shape index (κ1) is 32.0. The van der Waals surface area contributed by atoms with Gasteiger partial charge in [-0.25, -0.2) is 4.98 Å². The van der Waals surface area contributed by atoms with E-state index in [9.17, 15) is 14.4 Å². The maximum absolute atomic E-state index is 12.3. The van der Waals surface area contributed by atoms with Gasteiger partial charge >= 0.3 is 0 Å². The summed E-state index contributed by atoms with van der Waals surface area (Å²) < 4.78 is 12.6. The number of halogens is 4. The molecule has 7 aromatic rings. The molecule has 5 N–H and O–H groups in total. The van der Waals surface area contributed by atoms with Crippen molar-refractivity contribution in [2.45, 2.75) is 0 Å². The number of carbonyl (C=O) groups excluding carboxylic acids is 2. The normalized spacial score (nSPS) is 10.7. The van der Waals surface area contributed by atoms with Crippen molar-refractivity contribution in [1.29, 1.82) is 0 Å². The number of nitrogens with two attached hydrogens (primary N) is 2.